The number of nitrogens with zero attached hydrogens (tertiary/aromatic N) is 2. The van der Waals surface area contributed by atoms with Crippen molar-refractivity contribution in [2.45, 2.75) is 52.3 Å². The summed E-state index contributed by atoms with van der Waals surface area (Å²) in [5.74, 6) is -0.0237. The van der Waals surface area contributed by atoms with Crippen molar-refractivity contribution >= 4 is 11.7 Å². The molecular weight excluding hydrogens is 333 g/mol. The van der Waals surface area contributed by atoms with E-state index in [4.69, 9.17) is 0 Å². The van der Waals surface area contributed by atoms with Crippen molar-refractivity contribution in [3.05, 3.63) is 29.1 Å². The second-order valence-electron chi connectivity index (χ2n) is 7.33. The molecule has 1 saturated carbocycles. The first-order valence-electron chi connectivity index (χ1n) is 8.49. The molecule has 1 aromatic heterocycles. The Balaban J connectivity index is 1.86. The molecule has 0 saturated heterocycles. The SMILES string of the molecule is CC(C)C1(C(=O)N2CCc3ncc(C(F)(F)F)cc3C2)CCC(=O)C1. The van der Waals surface area contributed by atoms with E-state index in [0.717, 1.165) is 12.3 Å². The first-order valence-corrected chi connectivity index (χ1v) is 8.49. The molecule has 1 aliphatic carbocycles. The van der Waals surface area contributed by atoms with Crippen LogP contribution in [0.5, 0.6) is 0 Å². The van der Waals surface area contributed by atoms with Gasteiger partial charge in [0, 0.05) is 44.2 Å². The molecule has 0 N–H and O–H groups in total. The van der Waals surface area contributed by atoms with E-state index >= 15 is 0 Å². The van der Waals surface area contributed by atoms with E-state index in [1.165, 1.54) is 0 Å². The third kappa shape index (κ3) is 3.16. The van der Waals surface area contributed by atoms with Gasteiger partial charge in [0.05, 0.1) is 11.0 Å². The summed E-state index contributed by atoms with van der Waals surface area (Å²) < 4.78 is 38.7. The zero-order valence-electron chi connectivity index (χ0n) is 14.3. The van der Waals surface area contributed by atoms with E-state index in [2.05, 4.69) is 4.98 Å². The highest BCUT2D eigenvalue weighted by Crippen LogP contribution is 2.44. The van der Waals surface area contributed by atoms with Gasteiger partial charge in [-0.2, -0.15) is 13.2 Å². The maximum absolute atomic E-state index is 13.1. The van der Waals surface area contributed by atoms with Crippen LogP contribution < -0.4 is 0 Å². The molecule has 7 heteroatoms. The monoisotopic (exact) mass is 354 g/mol. The molecule has 2 heterocycles. The minimum Gasteiger partial charge on any atom is -0.337 e. The number of hydrogen-bond donors (Lipinski definition) is 0. The van der Waals surface area contributed by atoms with Crippen molar-refractivity contribution in [1.29, 1.82) is 0 Å². The third-order valence-electron chi connectivity index (χ3n) is 5.55. The third-order valence-corrected chi connectivity index (χ3v) is 5.55. The number of Topliss-reactive ketones (excluding diaryl/α,β-unsaturated/α-hetero) is 1. The van der Waals surface area contributed by atoms with E-state index in [0.29, 0.717) is 37.1 Å². The van der Waals surface area contributed by atoms with Crippen LogP contribution in [0.25, 0.3) is 0 Å². The number of aromatic nitrogens is 1. The van der Waals surface area contributed by atoms with Crippen LogP contribution in [0.1, 0.15) is 49.9 Å². The number of halogens is 3. The van der Waals surface area contributed by atoms with Gasteiger partial charge in [-0.1, -0.05) is 13.8 Å². The van der Waals surface area contributed by atoms with Crippen molar-refractivity contribution in [1.82, 2.24) is 9.88 Å². The zero-order chi connectivity index (χ0) is 18.4. The summed E-state index contributed by atoms with van der Waals surface area (Å²) >= 11 is 0. The number of amides is 1. The molecule has 0 aromatic carbocycles. The van der Waals surface area contributed by atoms with Crippen molar-refractivity contribution in [3.8, 4) is 0 Å². The van der Waals surface area contributed by atoms with Gasteiger partial charge in [0.1, 0.15) is 5.78 Å². The number of rotatable bonds is 2. The van der Waals surface area contributed by atoms with Crippen LogP contribution in [0.3, 0.4) is 0 Å². The van der Waals surface area contributed by atoms with E-state index < -0.39 is 17.2 Å². The summed E-state index contributed by atoms with van der Waals surface area (Å²) in [6, 6.07) is 1.09. The lowest BCUT2D eigenvalue weighted by molar-refractivity contribution is -0.146. The van der Waals surface area contributed by atoms with Crippen LogP contribution in [-0.4, -0.2) is 28.1 Å². The van der Waals surface area contributed by atoms with E-state index in [1.54, 1.807) is 4.90 Å². The van der Waals surface area contributed by atoms with Gasteiger partial charge in [0.25, 0.3) is 0 Å². The fraction of sp³-hybridized carbons (Fsp3) is 0.611. The van der Waals surface area contributed by atoms with Crippen LogP contribution in [0.4, 0.5) is 13.2 Å². The molecule has 0 bridgehead atoms. The predicted molar refractivity (Wildman–Crippen MR) is 84.5 cm³/mol. The molecule has 4 nitrogen and oxygen atoms in total. The second kappa shape index (κ2) is 6.11. The van der Waals surface area contributed by atoms with Crippen LogP contribution in [0, 0.1) is 11.3 Å². The molecule has 3 rings (SSSR count). The average molecular weight is 354 g/mol. The van der Waals surface area contributed by atoms with Crippen molar-refractivity contribution in [2.75, 3.05) is 6.54 Å². The maximum Gasteiger partial charge on any atom is 0.417 e. The number of alkyl halides is 3. The first kappa shape index (κ1) is 17.9. The normalized spacial score (nSPS) is 23.9. The lowest BCUT2D eigenvalue weighted by Crippen LogP contribution is -2.47. The fourth-order valence-corrected chi connectivity index (χ4v) is 3.88. The molecule has 1 aromatic rings. The summed E-state index contributed by atoms with van der Waals surface area (Å²) in [7, 11) is 0. The van der Waals surface area contributed by atoms with Crippen LogP contribution >= 0.6 is 0 Å². The summed E-state index contributed by atoms with van der Waals surface area (Å²) in [6.45, 7) is 4.40. The van der Waals surface area contributed by atoms with Gasteiger partial charge in [-0.3, -0.25) is 14.6 Å². The van der Waals surface area contributed by atoms with E-state index in [1.807, 2.05) is 13.8 Å². The molecule has 136 valence electrons. The molecule has 0 radical (unpaired) electrons. The van der Waals surface area contributed by atoms with E-state index in [9.17, 15) is 22.8 Å². The number of hydrogen-bond acceptors (Lipinski definition) is 3. The van der Waals surface area contributed by atoms with E-state index in [-0.39, 0.29) is 30.6 Å². The van der Waals surface area contributed by atoms with Gasteiger partial charge in [-0.25, -0.2) is 0 Å². The smallest absolute Gasteiger partial charge is 0.337 e. The standard InChI is InChI=1S/C18H21F3N2O2/c1-11(2)17(5-3-14(24)8-17)16(25)23-6-4-15-12(10-23)7-13(9-22-15)18(19,20)21/h7,9,11H,3-6,8,10H2,1-2H3. The number of carbonyl (C=O) groups is 2. The van der Waals surface area contributed by atoms with Gasteiger partial charge in [0.15, 0.2) is 0 Å². The first-order chi connectivity index (χ1) is 11.6. The Bertz CT molecular complexity index is 715. The molecule has 1 unspecified atom stereocenters. The second-order valence-corrected chi connectivity index (χ2v) is 7.33. The summed E-state index contributed by atoms with van der Waals surface area (Å²) in [6.07, 6.45) is -2.03. The minimum atomic E-state index is -4.45. The largest absolute Gasteiger partial charge is 0.417 e. The highest BCUT2D eigenvalue weighted by Gasteiger charge is 2.49. The van der Waals surface area contributed by atoms with Gasteiger partial charge in [-0.15, -0.1) is 0 Å². The van der Waals surface area contributed by atoms with Crippen LogP contribution in [0.2, 0.25) is 0 Å². The number of carbonyl (C=O) groups excluding carboxylic acids is 2. The van der Waals surface area contributed by atoms with Crippen LogP contribution in [-0.2, 0) is 28.7 Å². The Morgan fingerprint density at radius 3 is 2.60 bits per heavy atom. The van der Waals surface area contributed by atoms with Gasteiger partial charge in [0.2, 0.25) is 5.91 Å². The predicted octanol–water partition coefficient (Wildman–Crippen LogP) is 3.38. The van der Waals surface area contributed by atoms with Crippen LogP contribution in [0.15, 0.2) is 12.3 Å². The Morgan fingerprint density at radius 1 is 1.32 bits per heavy atom. The highest BCUT2D eigenvalue weighted by atomic mass is 19.4. The number of fused-ring (bicyclic) bond motifs is 1. The quantitative estimate of drug-likeness (QED) is 0.818. The summed E-state index contributed by atoms with van der Waals surface area (Å²) in [4.78, 5) is 30.5. The molecule has 1 aliphatic heterocycles. The topological polar surface area (TPSA) is 50.3 Å². The molecule has 25 heavy (non-hydrogen) atoms. The number of ketones is 1. The highest BCUT2D eigenvalue weighted by molar-refractivity contribution is 5.93. The molecule has 1 atom stereocenters. The zero-order valence-corrected chi connectivity index (χ0v) is 14.3. The maximum atomic E-state index is 13.1. The lowest BCUT2D eigenvalue weighted by atomic mass is 9.74. The lowest BCUT2D eigenvalue weighted by Gasteiger charge is -2.38. The fourth-order valence-electron chi connectivity index (χ4n) is 3.88. The van der Waals surface area contributed by atoms with Gasteiger partial charge in [-0.05, 0) is 24.0 Å². The number of pyridine rings is 1. The Labute approximate surface area is 144 Å². The minimum absolute atomic E-state index is 0.00693. The van der Waals surface area contributed by atoms with Crippen molar-refractivity contribution in [3.63, 3.8) is 0 Å². The molecular formula is C18H21F3N2O2. The Morgan fingerprint density at radius 2 is 2.04 bits per heavy atom. The molecule has 1 fully saturated rings. The van der Waals surface area contributed by atoms with Gasteiger partial charge >= 0.3 is 6.18 Å². The summed E-state index contributed by atoms with van der Waals surface area (Å²) in [5.41, 5.74) is -0.463. The Kier molecular flexibility index (Phi) is 4.37. The summed E-state index contributed by atoms with van der Waals surface area (Å²) in [5, 5.41) is 0. The average Bonchev–Trinajstić information content (AvgIpc) is 2.95. The molecule has 0 spiro atoms. The molecule has 1 amide bonds. The van der Waals surface area contributed by atoms with Gasteiger partial charge < -0.3 is 4.90 Å². The molecule has 2 aliphatic rings. The Hall–Kier alpha value is -1.92. The van der Waals surface area contributed by atoms with Crippen molar-refractivity contribution < 1.29 is 22.8 Å². The van der Waals surface area contributed by atoms with Crippen molar-refractivity contribution in [2.24, 2.45) is 11.3 Å².